The summed E-state index contributed by atoms with van der Waals surface area (Å²) in [5, 5.41) is 15.1. The molecule has 0 aliphatic rings. The van der Waals surface area contributed by atoms with Crippen molar-refractivity contribution in [1.29, 1.82) is 0 Å². The van der Waals surface area contributed by atoms with Crippen LogP contribution in [0.5, 0.6) is 0 Å². The molecule has 1 aromatic heterocycles. The smallest absolute Gasteiger partial charge is 0.273 e. The Bertz CT molecular complexity index is 605. The Morgan fingerprint density at radius 1 is 1.56 bits per heavy atom. The zero-order valence-corrected chi connectivity index (χ0v) is 9.76. The van der Waals surface area contributed by atoms with Crippen molar-refractivity contribution in [2.45, 2.75) is 6.92 Å². The van der Waals surface area contributed by atoms with Gasteiger partial charge < -0.3 is 0 Å². The summed E-state index contributed by atoms with van der Waals surface area (Å²) < 4.78 is 1.53. The minimum Gasteiger partial charge on any atom is -0.273 e. The molecule has 1 aromatic carbocycles. The molecule has 0 spiro atoms. The summed E-state index contributed by atoms with van der Waals surface area (Å²) in [5.41, 5.74) is 0.501. The van der Waals surface area contributed by atoms with Crippen molar-refractivity contribution in [2.24, 2.45) is 0 Å². The standard InChI is InChI=1S/C9H6BrN3O3/c1-5(14)12-8-3-7(10)9(13(15)16)2-6(8)4-11-12/h2-4H,1H3. The molecule has 6 nitrogen and oxygen atoms in total. The van der Waals surface area contributed by atoms with Gasteiger partial charge in [0.15, 0.2) is 0 Å². The van der Waals surface area contributed by atoms with Crippen LogP contribution in [0.3, 0.4) is 0 Å². The van der Waals surface area contributed by atoms with E-state index in [2.05, 4.69) is 21.0 Å². The molecule has 2 aromatic rings. The van der Waals surface area contributed by atoms with Crippen molar-refractivity contribution in [3.05, 3.63) is 32.9 Å². The van der Waals surface area contributed by atoms with E-state index in [0.29, 0.717) is 15.4 Å². The number of fused-ring (bicyclic) bond motifs is 1. The summed E-state index contributed by atoms with van der Waals surface area (Å²) in [6.07, 6.45) is 1.43. The molecule has 0 aliphatic heterocycles. The normalized spacial score (nSPS) is 10.6. The van der Waals surface area contributed by atoms with Crippen molar-refractivity contribution in [3.8, 4) is 0 Å². The molecule has 0 amide bonds. The third-order valence-electron chi connectivity index (χ3n) is 2.13. The predicted molar refractivity (Wildman–Crippen MR) is 60.4 cm³/mol. The third-order valence-corrected chi connectivity index (χ3v) is 2.77. The van der Waals surface area contributed by atoms with Crippen LogP contribution in [0.15, 0.2) is 22.8 Å². The minimum atomic E-state index is -0.491. The van der Waals surface area contributed by atoms with Crippen LogP contribution in [0, 0.1) is 10.1 Å². The number of carbonyl (C=O) groups excluding carboxylic acids is 1. The van der Waals surface area contributed by atoms with Crippen molar-refractivity contribution in [2.75, 3.05) is 0 Å². The summed E-state index contributed by atoms with van der Waals surface area (Å²) in [6, 6.07) is 2.90. The van der Waals surface area contributed by atoms with Gasteiger partial charge in [0, 0.05) is 18.4 Å². The van der Waals surface area contributed by atoms with E-state index >= 15 is 0 Å². The average molecular weight is 284 g/mol. The first kappa shape index (κ1) is 10.7. The summed E-state index contributed by atoms with van der Waals surface area (Å²) in [5.74, 6) is -0.240. The van der Waals surface area contributed by atoms with Gasteiger partial charge in [0.2, 0.25) is 5.91 Å². The van der Waals surface area contributed by atoms with Gasteiger partial charge in [-0.15, -0.1) is 0 Å². The van der Waals surface area contributed by atoms with E-state index in [9.17, 15) is 14.9 Å². The highest BCUT2D eigenvalue weighted by molar-refractivity contribution is 9.10. The molecular weight excluding hydrogens is 278 g/mol. The predicted octanol–water partition coefficient (Wildman–Crippen LogP) is 2.37. The van der Waals surface area contributed by atoms with Crippen LogP contribution in [0.1, 0.15) is 11.7 Å². The number of nitrogens with zero attached hydrogens (tertiary/aromatic N) is 3. The first-order chi connectivity index (χ1) is 7.50. The number of aromatic nitrogens is 2. The summed E-state index contributed by atoms with van der Waals surface area (Å²) >= 11 is 3.09. The lowest BCUT2D eigenvalue weighted by Crippen LogP contribution is -2.06. The minimum absolute atomic E-state index is 0.0457. The van der Waals surface area contributed by atoms with E-state index < -0.39 is 4.92 Å². The zero-order chi connectivity index (χ0) is 11.9. The number of benzene rings is 1. The number of nitro groups is 1. The molecule has 0 unspecified atom stereocenters. The first-order valence-electron chi connectivity index (χ1n) is 4.33. The van der Waals surface area contributed by atoms with E-state index in [4.69, 9.17) is 0 Å². The molecule has 0 saturated carbocycles. The maximum absolute atomic E-state index is 11.2. The van der Waals surface area contributed by atoms with Crippen LogP contribution in [0.4, 0.5) is 5.69 Å². The second kappa shape index (κ2) is 3.67. The third kappa shape index (κ3) is 1.58. The highest BCUT2D eigenvalue weighted by atomic mass is 79.9. The first-order valence-corrected chi connectivity index (χ1v) is 5.12. The molecule has 0 N–H and O–H groups in total. The lowest BCUT2D eigenvalue weighted by atomic mass is 10.2. The molecular formula is C9H6BrN3O3. The van der Waals surface area contributed by atoms with Crippen LogP contribution >= 0.6 is 15.9 Å². The van der Waals surface area contributed by atoms with Crippen LogP contribution in [0.25, 0.3) is 10.9 Å². The quantitative estimate of drug-likeness (QED) is 0.595. The van der Waals surface area contributed by atoms with Gasteiger partial charge in [0.1, 0.15) is 0 Å². The highest BCUT2D eigenvalue weighted by Crippen LogP contribution is 2.29. The van der Waals surface area contributed by atoms with Crippen molar-refractivity contribution in [3.63, 3.8) is 0 Å². The van der Waals surface area contributed by atoms with E-state index in [1.54, 1.807) is 0 Å². The maximum Gasteiger partial charge on any atom is 0.284 e. The van der Waals surface area contributed by atoms with E-state index in [-0.39, 0.29) is 11.6 Å². The molecule has 16 heavy (non-hydrogen) atoms. The molecule has 0 bridgehead atoms. The van der Waals surface area contributed by atoms with Crippen LogP contribution < -0.4 is 0 Å². The number of halogens is 1. The largest absolute Gasteiger partial charge is 0.284 e. The van der Waals surface area contributed by atoms with Crippen molar-refractivity contribution >= 4 is 38.4 Å². The fourth-order valence-corrected chi connectivity index (χ4v) is 1.90. The van der Waals surface area contributed by atoms with Gasteiger partial charge >= 0.3 is 0 Å². The Kier molecular flexibility index (Phi) is 2.47. The van der Waals surface area contributed by atoms with Crippen LogP contribution in [0.2, 0.25) is 0 Å². The second-order valence-corrected chi connectivity index (χ2v) is 4.05. The van der Waals surface area contributed by atoms with Crippen LogP contribution in [-0.4, -0.2) is 20.6 Å². The van der Waals surface area contributed by atoms with Gasteiger partial charge in [0.05, 0.1) is 21.1 Å². The van der Waals surface area contributed by atoms with E-state index in [1.165, 1.54) is 29.9 Å². The summed E-state index contributed by atoms with van der Waals surface area (Å²) in [6.45, 7) is 1.38. The monoisotopic (exact) mass is 283 g/mol. The van der Waals surface area contributed by atoms with Crippen molar-refractivity contribution < 1.29 is 9.72 Å². The van der Waals surface area contributed by atoms with Crippen LogP contribution in [-0.2, 0) is 0 Å². The molecule has 0 aliphatic carbocycles. The molecule has 0 radical (unpaired) electrons. The molecule has 1 heterocycles. The van der Waals surface area contributed by atoms with E-state index in [0.717, 1.165) is 0 Å². The molecule has 7 heteroatoms. The number of hydrogen-bond acceptors (Lipinski definition) is 4. The maximum atomic E-state index is 11.2. The number of carbonyl (C=O) groups is 1. The van der Waals surface area contributed by atoms with Gasteiger partial charge in [-0.3, -0.25) is 14.9 Å². The highest BCUT2D eigenvalue weighted by Gasteiger charge is 2.16. The second-order valence-electron chi connectivity index (χ2n) is 3.19. The Balaban J connectivity index is 2.76. The average Bonchev–Trinajstić information content (AvgIpc) is 2.58. The SMILES string of the molecule is CC(=O)n1ncc2cc([N+](=O)[O-])c(Br)cc21. The lowest BCUT2D eigenvalue weighted by Gasteiger charge is -1.98. The number of nitro benzene ring substituents is 1. The molecule has 2 rings (SSSR count). The molecule has 0 fully saturated rings. The van der Waals surface area contributed by atoms with Gasteiger partial charge in [0.25, 0.3) is 5.69 Å². The Hall–Kier alpha value is -1.76. The van der Waals surface area contributed by atoms with E-state index in [1.807, 2.05) is 0 Å². The summed E-state index contributed by atoms with van der Waals surface area (Å²) in [4.78, 5) is 21.4. The molecule has 82 valence electrons. The Morgan fingerprint density at radius 2 is 2.25 bits per heavy atom. The van der Waals surface area contributed by atoms with Gasteiger partial charge in [-0.05, 0) is 22.0 Å². The molecule has 0 atom stereocenters. The molecule has 0 saturated heterocycles. The number of rotatable bonds is 1. The fraction of sp³-hybridized carbons (Fsp3) is 0.111. The zero-order valence-electron chi connectivity index (χ0n) is 8.18. The van der Waals surface area contributed by atoms with Gasteiger partial charge in [-0.1, -0.05) is 0 Å². The lowest BCUT2D eigenvalue weighted by molar-refractivity contribution is -0.385. The Morgan fingerprint density at radius 3 is 2.81 bits per heavy atom. The van der Waals surface area contributed by atoms with Gasteiger partial charge in [-0.25, -0.2) is 4.68 Å². The Labute approximate surface area is 98.1 Å². The fourth-order valence-electron chi connectivity index (χ4n) is 1.43. The summed E-state index contributed by atoms with van der Waals surface area (Å²) in [7, 11) is 0. The topological polar surface area (TPSA) is 78.0 Å². The number of hydrogen-bond donors (Lipinski definition) is 0. The van der Waals surface area contributed by atoms with Crippen molar-refractivity contribution in [1.82, 2.24) is 9.78 Å². The van der Waals surface area contributed by atoms with Gasteiger partial charge in [-0.2, -0.15) is 5.10 Å².